The highest BCUT2D eigenvalue weighted by Gasteiger charge is 2.30. The van der Waals surface area contributed by atoms with Gasteiger partial charge >= 0.3 is 0 Å². The molecule has 0 aromatic heterocycles. The van der Waals surface area contributed by atoms with Crippen LogP contribution in [0.4, 0.5) is 5.69 Å². The fourth-order valence-corrected chi connectivity index (χ4v) is 1.71. The van der Waals surface area contributed by atoms with Gasteiger partial charge in [0.2, 0.25) is 0 Å². The quantitative estimate of drug-likeness (QED) is 0.446. The summed E-state index contributed by atoms with van der Waals surface area (Å²) in [5.74, 6) is 0.547. The molecule has 88 valence electrons. The van der Waals surface area contributed by atoms with Crippen LogP contribution in [0.25, 0.3) is 6.08 Å². The monoisotopic (exact) mass is 233 g/mol. The Kier molecular flexibility index (Phi) is 2.46. The van der Waals surface area contributed by atoms with E-state index in [0.717, 1.165) is 0 Å². The first-order valence-electron chi connectivity index (χ1n) is 5.09. The number of benzene rings is 1. The van der Waals surface area contributed by atoms with Crippen LogP contribution in [-0.4, -0.2) is 16.8 Å². The molecule has 2 rings (SSSR count). The number of ether oxygens (including phenoxy) is 1. The number of carbonyl (C=O) groups excluding carboxylic acids is 1. The fourth-order valence-electron chi connectivity index (χ4n) is 1.71. The zero-order valence-corrected chi connectivity index (χ0v) is 9.47. The highest BCUT2D eigenvalue weighted by atomic mass is 16.6. The first-order valence-corrected chi connectivity index (χ1v) is 5.09. The molecule has 1 aliphatic heterocycles. The van der Waals surface area contributed by atoms with Gasteiger partial charge in [0.1, 0.15) is 17.6 Å². The lowest BCUT2D eigenvalue weighted by Gasteiger charge is -2.31. The SMILES string of the molecule is CC1(C)Oc2ccc([N+](=O)[O-])cc2C=C1C=O. The predicted octanol–water partition coefficient (Wildman–Crippen LogP) is 2.35. The summed E-state index contributed by atoms with van der Waals surface area (Å²) in [4.78, 5) is 21.1. The van der Waals surface area contributed by atoms with Crippen molar-refractivity contribution < 1.29 is 14.5 Å². The van der Waals surface area contributed by atoms with Gasteiger partial charge < -0.3 is 4.74 Å². The minimum atomic E-state index is -0.703. The standard InChI is InChI=1S/C12H11NO4/c1-12(2)9(7-14)5-8-6-10(13(15)16)3-4-11(8)17-12/h3-7H,1-2H3. The third kappa shape index (κ3) is 1.91. The first-order chi connectivity index (χ1) is 7.94. The number of hydrogen-bond donors (Lipinski definition) is 0. The van der Waals surface area contributed by atoms with Crippen LogP contribution in [0.1, 0.15) is 19.4 Å². The Hall–Kier alpha value is -2.17. The number of non-ortho nitro benzene ring substituents is 1. The third-order valence-electron chi connectivity index (χ3n) is 2.70. The zero-order valence-electron chi connectivity index (χ0n) is 9.47. The second-order valence-corrected chi connectivity index (χ2v) is 4.31. The van der Waals surface area contributed by atoms with E-state index in [1.165, 1.54) is 12.1 Å². The average Bonchev–Trinajstić information content (AvgIpc) is 2.26. The molecule has 0 saturated carbocycles. The van der Waals surface area contributed by atoms with Gasteiger partial charge in [0, 0.05) is 23.3 Å². The maximum Gasteiger partial charge on any atom is 0.270 e. The molecule has 0 atom stereocenters. The summed E-state index contributed by atoms with van der Waals surface area (Å²) < 4.78 is 5.64. The number of nitro benzene ring substituents is 1. The Bertz CT molecular complexity index is 531. The first kappa shape index (κ1) is 11.3. The molecule has 0 fully saturated rings. The second kappa shape index (κ2) is 3.69. The van der Waals surface area contributed by atoms with Crippen LogP contribution in [0.15, 0.2) is 23.8 Å². The van der Waals surface area contributed by atoms with Gasteiger partial charge in [-0.2, -0.15) is 0 Å². The minimum Gasteiger partial charge on any atom is -0.482 e. The van der Waals surface area contributed by atoms with Gasteiger partial charge in [0.15, 0.2) is 0 Å². The molecule has 1 aromatic carbocycles. The van der Waals surface area contributed by atoms with Crippen molar-refractivity contribution >= 4 is 18.0 Å². The van der Waals surface area contributed by atoms with Gasteiger partial charge in [-0.1, -0.05) is 0 Å². The van der Waals surface area contributed by atoms with E-state index in [2.05, 4.69) is 0 Å². The largest absolute Gasteiger partial charge is 0.482 e. The van der Waals surface area contributed by atoms with E-state index in [-0.39, 0.29) is 5.69 Å². The number of hydrogen-bond acceptors (Lipinski definition) is 4. The van der Waals surface area contributed by atoms with Gasteiger partial charge in [0.05, 0.1) is 4.92 Å². The number of nitrogens with zero attached hydrogens (tertiary/aromatic N) is 1. The number of aldehydes is 1. The highest BCUT2D eigenvalue weighted by Crippen LogP contribution is 2.36. The van der Waals surface area contributed by atoms with Crippen LogP contribution in [0, 0.1) is 10.1 Å². The third-order valence-corrected chi connectivity index (χ3v) is 2.70. The number of nitro groups is 1. The number of rotatable bonds is 2. The van der Waals surface area contributed by atoms with Crippen LogP contribution >= 0.6 is 0 Å². The molecule has 0 N–H and O–H groups in total. The Morgan fingerprint density at radius 1 is 1.41 bits per heavy atom. The van der Waals surface area contributed by atoms with Gasteiger partial charge in [-0.15, -0.1) is 0 Å². The van der Waals surface area contributed by atoms with Crippen molar-refractivity contribution in [2.24, 2.45) is 0 Å². The van der Waals surface area contributed by atoms with Crippen LogP contribution in [0.2, 0.25) is 0 Å². The normalized spacial score (nSPS) is 16.5. The molecule has 0 aliphatic carbocycles. The maximum absolute atomic E-state index is 10.9. The summed E-state index contributed by atoms with van der Waals surface area (Å²) >= 11 is 0. The molecule has 5 heteroatoms. The van der Waals surface area contributed by atoms with E-state index in [4.69, 9.17) is 4.74 Å². The van der Waals surface area contributed by atoms with Gasteiger partial charge in [-0.05, 0) is 26.0 Å². The molecule has 17 heavy (non-hydrogen) atoms. The van der Waals surface area contributed by atoms with Crippen LogP contribution < -0.4 is 4.74 Å². The second-order valence-electron chi connectivity index (χ2n) is 4.31. The Morgan fingerprint density at radius 3 is 2.71 bits per heavy atom. The van der Waals surface area contributed by atoms with Crippen LogP contribution in [0.5, 0.6) is 5.75 Å². The van der Waals surface area contributed by atoms with E-state index >= 15 is 0 Å². The summed E-state index contributed by atoms with van der Waals surface area (Å²) in [6.07, 6.45) is 2.33. The lowest BCUT2D eigenvalue weighted by Crippen LogP contribution is -2.33. The predicted molar refractivity (Wildman–Crippen MR) is 61.8 cm³/mol. The van der Waals surface area contributed by atoms with E-state index < -0.39 is 10.5 Å². The Labute approximate surface area is 97.9 Å². The Morgan fingerprint density at radius 2 is 2.12 bits per heavy atom. The zero-order chi connectivity index (χ0) is 12.6. The van der Waals surface area contributed by atoms with Crippen molar-refractivity contribution in [2.45, 2.75) is 19.4 Å². The summed E-state index contributed by atoms with van der Waals surface area (Å²) in [7, 11) is 0. The van der Waals surface area contributed by atoms with Gasteiger partial charge in [0.25, 0.3) is 5.69 Å². The van der Waals surface area contributed by atoms with E-state index in [1.54, 1.807) is 26.0 Å². The molecule has 1 aliphatic rings. The van der Waals surface area contributed by atoms with Crippen molar-refractivity contribution in [3.05, 3.63) is 39.4 Å². The molecule has 1 heterocycles. The lowest BCUT2D eigenvalue weighted by molar-refractivity contribution is -0.384. The van der Waals surface area contributed by atoms with Crippen molar-refractivity contribution in [2.75, 3.05) is 0 Å². The number of fused-ring (bicyclic) bond motifs is 1. The number of carbonyl (C=O) groups is 1. The maximum atomic E-state index is 10.9. The topological polar surface area (TPSA) is 69.4 Å². The van der Waals surface area contributed by atoms with Gasteiger partial charge in [-0.3, -0.25) is 14.9 Å². The van der Waals surface area contributed by atoms with Crippen molar-refractivity contribution in [1.29, 1.82) is 0 Å². The van der Waals surface area contributed by atoms with Crippen molar-refractivity contribution in [3.63, 3.8) is 0 Å². The minimum absolute atomic E-state index is 0.0199. The van der Waals surface area contributed by atoms with Crippen molar-refractivity contribution in [1.82, 2.24) is 0 Å². The summed E-state index contributed by atoms with van der Waals surface area (Å²) in [5, 5.41) is 10.6. The molecule has 0 bridgehead atoms. The average molecular weight is 233 g/mol. The summed E-state index contributed by atoms with van der Waals surface area (Å²) in [6, 6.07) is 4.33. The van der Waals surface area contributed by atoms with E-state index in [1.807, 2.05) is 0 Å². The molecule has 0 unspecified atom stereocenters. The molecule has 1 aromatic rings. The van der Waals surface area contributed by atoms with Crippen molar-refractivity contribution in [3.8, 4) is 5.75 Å². The van der Waals surface area contributed by atoms with Crippen LogP contribution in [-0.2, 0) is 4.79 Å². The molecule has 0 spiro atoms. The molecule has 0 saturated heterocycles. The Balaban J connectivity index is 2.55. The molecular weight excluding hydrogens is 222 g/mol. The smallest absolute Gasteiger partial charge is 0.270 e. The molecule has 5 nitrogen and oxygen atoms in total. The van der Waals surface area contributed by atoms with E-state index in [0.29, 0.717) is 23.2 Å². The van der Waals surface area contributed by atoms with Crippen LogP contribution in [0.3, 0.4) is 0 Å². The fraction of sp³-hybridized carbons (Fsp3) is 0.250. The van der Waals surface area contributed by atoms with E-state index in [9.17, 15) is 14.9 Å². The molecule has 0 radical (unpaired) electrons. The van der Waals surface area contributed by atoms with Gasteiger partial charge in [-0.25, -0.2) is 0 Å². The summed E-state index contributed by atoms with van der Waals surface area (Å²) in [6.45, 7) is 3.55. The highest BCUT2D eigenvalue weighted by molar-refractivity contribution is 5.87. The molecular formula is C12H11NO4. The summed E-state index contributed by atoms with van der Waals surface area (Å²) in [5.41, 5.74) is 0.296. The lowest BCUT2D eigenvalue weighted by atomic mass is 9.93. The molecule has 0 amide bonds.